The Morgan fingerprint density at radius 1 is 0.971 bits per heavy atom. The molecule has 0 fully saturated rings. The van der Waals surface area contributed by atoms with Crippen molar-refractivity contribution in [3.05, 3.63) is 131 Å². The van der Waals surface area contributed by atoms with Crippen LogP contribution in [0.1, 0.15) is 61.6 Å². The van der Waals surface area contributed by atoms with E-state index in [-0.39, 0.29) is 5.41 Å². The van der Waals surface area contributed by atoms with Gasteiger partial charge in [0, 0.05) is 44.5 Å². The first-order valence-corrected chi connectivity index (χ1v) is 13.8. The molecule has 0 saturated carbocycles. The van der Waals surface area contributed by atoms with Crippen molar-refractivity contribution < 1.29 is 0 Å². The highest BCUT2D eigenvalue weighted by molar-refractivity contribution is 8.00. The summed E-state index contributed by atoms with van der Waals surface area (Å²) in [7, 11) is 0. The van der Waals surface area contributed by atoms with E-state index in [4.69, 9.17) is 0 Å². The van der Waals surface area contributed by atoms with E-state index in [1.165, 1.54) is 28.2 Å². The van der Waals surface area contributed by atoms with E-state index >= 15 is 0 Å². The van der Waals surface area contributed by atoms with Gasteiger partial charge in [-0.25, -0.2) is 0 Å². The Morgan fingerprint density at radius 2 is 1.83 bits per heavy atom. The summed E-state index contributed by atoms with van der Waals surface area (Å²) in [6.07, 6.45) is 24.3. The Labute approximate surface area is 213 Å². The second kappa shape index (κ2) is 8.03. The van der Waals surface area contributed by atoms with Crippen LogP contribution in [-0.4, -0.2) is 5.25 Å². The lowest BCUT2D eigenvalue weighted by atomic mass is 9.78. The number of fused-ring (bicyclic) bond motifs is 7. The molecule has 0 spiro atoms. The first kappa shape index (κ1) is 21.3. The molecule has 3 atom stereocenters. The Morgan fingerprint density at radius 3 is 2.66 bits per heavy atom. The summed E-state index contributed by atoms with van der Waals surface area (Å²) in [4.78, 5) is 4.06. The molecule has 0 radical (unpaired) electrons. The SMILES string of the molecule is CC1(C)C2=CC(N(C3=CC=CCC3)c3ccccc3)=CCC2c2c1ccc1c2SC2C=CC=CC12. The largest absolute Gasteiger partial charge is 0.315 e. The minimum atomic E-state index is 0.0394. The Kier molecular flexibility index (Phi) is 4.89. The average Bonchev–Trinajstić information content (AvgIpc) is 3.38. The fraction of sp³-hybridized carbons (Fsp3) is 0.273. The monoisotopic (exact) mass is 473 g/mol. The molecule has 0 saturated heterocycles. The van der Waals surface area contributed by atoms with Gasteiger partial charge in [0.2, 0.25) is 0 Å². The minimum Gasteiger partial charge on any atom is -0.315 e. The standard InChI is InChI=1S/C33H31NS/c1-33(2)28-20-19-26-25-15-9-10-16-30(25)35-32(26)31(28)27-18-17-24(21-29(27)33)34(22-11-5-3-6-12-22)23-13-7-4-8-14-23/h3-7,9-13,15-17,19-21,25,27,30H,8,14,18H2,1-2H3. The normalized spacial score (nSPS) is 26.8. The van der Waals surface area contributed by atoms with Crippen LogP contribution in [0.4, 0.5) is 5.69 Å². The van der Waals surface area contributed by atoms with Crippen molar-refractivity contribution in [2.24, 2.45) is 0 Å². The lowest BCUT2D eigenvalue weighted by Crippen LogP contribution is -2.25. The molecule has 2 aromatic rings. The van der Waals surface area contributed by atoms with Crippen LogP contribution in [0.25, 0.3) is 0 Å². The van der Waals surface area contributed by atoms with Crippen molar-refractivity contribution in [1.29, 1.82) is 0 Å². The number of hydrogen-bond acceptors (Lipinski definition) is 2. The van der Waals surface area contributed by atoms with E-state index in [1.807, 2.05) is 0 Å². The van der Waals surface area contributed by atoms with Crippen molar-refractivity contribution >= 4 is 17.4 Å². The second-order valence-electron chi connectivity index (χ2n) is 10.8. The molecule has 0 aromatic heterocycles. The number of para-hydroxylation sites is 1. The fourth-order valence-corrected chi connectivity index (χ4v) is 8.28. The molecule has 35 heavy (non-hydrogen) atoms. The fourth-order valence-electron chi connectivity index (χ4n) is 6.74. The van der Waals surface area contributed by atoms with Gasteiger partial charge in [-0.3, -0.25) is 0 Å². The first-order valence-electron chi connectivity index (χ1n) is 12.9. The summed E-state index contributed by atoms with van der Waals surface area (Å²) < 4.78 is 0. The molecule has 0 amide bonds. The van der Waals surface area contributed by atoms with Crippen LogP contribution in [0.5, 0.6) is 0 Å². The zero-order valence-electron chi connectivity index (χ0n) is 20.4. The van der Waals surface area contributed by atoms with Gasteiger partial charge in [-0.1, -0.05) is 92.3 Å². The van der Waals surface area contributed by atoms with Gasteiger partial charge in [-0.05, 0) is 60.2 Å². The highest BCUT2D eigenvalue weighted by Gasteiger charge is 2.46. The second-order valence-corrected chi connectivity index (χ2v) is 11.9. The summed E-state index contributed by atoms with van der Waals surface area (Å²) in [5.74, 6) is 1.01. The van der Waals surface area contributed by atoms with E-state index < -0.39 is 0 Å². The number of rotatable bonds is 3. The van der Waals surface area contributed by atoms with Gasteiger partial charge in [0.05, 0.1) is 0 Å². The van der Waals surface area contributed by atoms with Crippen LogP contribution in [-0.2, 0) is 5.41 Å². The topological polar surface area (TPSA) is 3.24 Å². The molecular formula is C33H31NS. The maximum absolute atomic E-state index is 2.53. The van der Waals surface area contributed by atoms with Gasteiger partial charge >= 0.3 is 0 Å². The lowest BCUT2D eigenvalue weighted by Gasteiger charge is -2.34. The van der Waals surface area contributed by atoms with Gasteiger partial charge in [-0.15, -0.1) is 11.8 Å². The number of hydrogen-bond donors (Lipinski definition) is 0. The number of thioether (sulfide) groups is 1. The van der Waals surface area contributed by atoms with Crippen LogP contribution in [0.15, 0.2) is 119 Å². The summed E-state index contributed by atoms with van der Waals surface area (Å²) >= 11 is 2.10. The molecule has 174 valence electrons. The molecule has 1 nitrogen and oxygen atoms in total. The predicted molar refractivity (Wildman–Crippen MR) is 149 cm³/mol. The third kappa shape index (κ3) is 3.23. The average molecular weight is 474 g/mol. The van der Waals surface area contributed by atoms with Crippen molar-refractivity contribution in [1.82, 2.24) is 0 Å². The van der Waals surface area contributed by atoms with Crippen molar-refractivity contribution in [3.63, 3.8) is 0 Å². The Hall–Kier alpha value is -2.97. The smallest absolute Gasteiger partial charge is 0.0458 e. The molecule has 4 aliphatic carbocycles. The summed E-state index contributed by atoms with van der Waals surface area (Å²) in [6.45, 7) is 4.88. The van der Waals surface area contributed by atoms with Crippen molar-refractivity contribution in [2.75, 3.05) is 4.90 Å². The molecule has 1 aliphatic heterocycles. The predicted octanol–water partition coefficient (Wildman–Crippen LogP) is 8.70. The van der Waals surface area contributed by atoms with Crippen LogP contribution in [0.2, 0.25) is 0 Å². The zero-order valence-corrected chi connectivity index (χ0v) is 21.3. The highest BCUT2D eigenvalue weighted by Crippen LogP contribution is 2.60. The molecule has 3 unspecified atom stereocenters. The Bertz CT molecular complexity index is 1380. The van der Waals surface area contributed by atoms with Gasteiger partial charge < -0.3 is 4.90 Å². The third-order valence-electron chi connectivity index (χ3n) is 8.46. The summed E-state index contributed by atoms with van der Waals surface area (Å²) in [5.41, 5.74) is 10.3. The van der Waals surface area contributed by atoms with E-state index in [2.05, 4.69) is 128 Å². The lowest BCUT2D eigenvalue weighted by molar-refractivity contribution is 0.608. The molecule has 5 aliphatic rings. The van der Waals surface area contributed by atoms with Crippen LogP contribution in [0.3, 0.4) is 0 Å². The maximum Gasteiger partial charge on any atom is 0.0458 e. The van der Waals surface area contributed by atoms with Gasteiger partial charge in [0.1, 0.15) is 0 Å². The van der Waals surface area contributed by atoms with Crippen molar-refractivity contribution in [3.8, 4) is 0 Å². The van der Waals surface area contributed by atoms with E-state index in [0.717, 1.165) is 19.3 Å². The van der Waals surface area contributed by atoms with Gasteiger partial charge in [0.25, 0.3) is 0 Å². The number of allylic oxidation sites excluding steroid dienone is 10. The molecule has 7 rings (SSSR count). The van der Waals surface area contributed by atoms with Crippen LogP contribution in [0, 0.1) is 0 Å². The van der Waals surface area contributed by atoms with Crippen LogP contribution < -0.4 is 4.90 Å². The molecule has 2 heteroatoms. The molecule has 0 bridgehead atoms. The Balaban J connectivity index is 1.32. The molecular weight excluding hydrogens is 442 g/mol. The number of benzene rings is 2. The molecule has 1 heterocycles. The summed E-state index contributed by atoms with van der Waals surface area (Å²) in [6, 6.07) is 15.8. The quantitative estimate of drug-likeness (QED) is 0.438. The number of anilines is 1. The zero-order chi connectivity index (χ0) is 23.6. The van der Waals surface area contributed by atoms with Gasteiger partial charge in [0.15, 0.2) is 0 Å². The van der Waals surface area contributed by atoms with Crippen LogP contribution >= 0.6 is 11.8 Å². The minimum absolute atomic E-state index is 0.0394. The van der Waals surface area contributed by atoms with E-state index in [1.54, 1.807) is 16.0 Å². The van der Waals surface area contributed by atoms with Crippen molar-refractivity contribution in [2.45, 2.75) is 60.5 Å². The van der Waals surface area contributed by atoms with E-state index in [0.29, 0.717) is 17.1 Å². The highest BCUT2D eigenvalue weighted by atomic mass is 32.2. The third-order valence-corrected chi connectivity index (χ3v) is 9.87. The summed E-state index contributed by atoms with van der Waals surface area (Å²) in [5, 5.41) is 0.548. The maximum atomic E-state index is 2.53. The molecule has 2 aromatic carbocycles. The van der Waals surface area contributed by atoms with E-state index in [9.17, 15) is 0 Å². The number of nitrogens with zero attached hydrogens (tertiary/aromatic N) is 1. The molecule has 0 N–H and O–H groups in total. The first-order chi connectivity index (χ1) is 17.1. The van der Waals surface area contributed by atoms with Gasteiger partial charge in [-0.2, -0.15) is 0 Å².